The highest BCUT2D eigenvalue weighted by Gasteiger charge is 2.56. The maximum Gasteiger partial charge on any atom is 0.0671 e. The van der Waals surface area contributed by atoms with Crippen LogP contribution in [-0.2, 0) is 10.8 Å². The van der Waals surface area contributed by atoms with Gasteiger partial charge in [0.1, 0.15) is 0 Å². The summed E-state index contributed by atoms with van der Waals surface area (Å²) in [4.78, 5) is 5.02. The summed E-state index contributed by atoms with van der Waals surface area (Å²) >= 11 is 0. The number of aliphatic imine (C=N–C) groups is 1. The van der Waals surface area contributed by atoms with Crippen LogP contribution in [0.2, 0.25) is 0 Å². The van der Waals surface area contributed by atoms with Gasteiger partial charge in [-0.25, -0.2) is 0 Å². The first-order valence-corrected chi connectivity index (χ1v) is 10.6. The van der Waals surface area contributed by atoms with E-state index in [-0.39, 0.29) is 10.8 Å². The minimum Gasteiger partial charge on any atom is -0.260 e. The molecule has 1 unspecified atom stereocenters. The highest BCUT2D eigenvalue weighted by molar-refractivity contribution is 5.88. The molecule has 5 rings (SSSR count). The van der Waals surface area contributed by atoms with E-state index in [4.69, 9.17) is 4.99 Å². The Morgan fingerprint density at radius 2 is 1.03 bits per heavy atom. The summed E-state index contributed by atoms with van der Waals surface area (Å²) in [5.74, 6) is 0. The zero-order valence-corrected chi connectivity index (χ0v) is 17.2. The zero-order chi connectivity index (χ0) is 20.4. The summed E-state index contributed by atoms with van der Waals surface area (Å²) in [5, 5.41) is 0. The zero-order valence-electron chi connectivity index (χ0n) is 17.2. The molecule has 1 aliphatic heterocycles. The Bertz CT molecular complexity index is 1120. The van der Waals surface area contributed by atoms with Crippen LogP contribution in [0.1, 0.15) is 35.6 Å². The van der Waals surface area contributed by atoms with Crippen molar-refractivity contribution in [2.45, 2.75) is 24.2 Å². The van der Waals surface area contributed by atoms with Crippen molar-refractivity contribution in [2.24, 2.45) is 4.99 Å². The number of hydrogen-bond acceptors (Lipinski definition) is 1. The third-order valence-corrected chi connectivity index (χ3v) is 6.66. The SMILES string of the molecule is CCC1(c2ccccc2)C=Nc2ccccc2C1(c1ccccc1)c1ccccc1. The fourth-order valence-corrected chi connectivity index (χ4v) is 5.38. The fourth-order valence-electron chi connectivity index (χ4n) is 5.38. The minimum absolute atomic E-state index is 0.314. The minimum atomic E-state index is -0.385. The molecule has 146 valence electrons. The van der Waals surface area contributed by atoms with Crippen LogP contribution in [0.4, 0.5) is 5.69 Å². The van der Waals surface area contributed by atoms with Crippen molar-refractivity contribution in [3.05, 3.63) is 138 Å². The first-order valence-electron chi connectivity index (χ1n) is 10.6. The average molecular weight is 388 g/mol. The lowest BCUT2D eigenvalue weighted by Crippen LogP contribution is -2.53. The van der Waals surface area contributed by atoms with Gasteiger partial charge in [-0.2, -0.15) is 0 Å². The molecule has 30 heavy (non-hydrogen) atoms. The van der Waals surface area contributed by atoms with Crippen LogP contribution in [0.3, 0.4) is 0 Å². The molecule has 0 aliphatic carbocycles. The lowest BCUT2D eigenvalue weighted by atomic mass is 9.50. The van der Waals surface area contributed by atoms with Gasteiger partial charge < -0.3 is 0 Å². The molecule has 0 aromatic heterocycles. The molecule has 4 aromatic carbocycles. The summed E-state index contributed by atoms with van der Waals surface area (Å²) in [7, 11) is 0. The smallest absolute Gasteiger partial charge is 0.0671 e. The monoisotopic (exact) mass is 387 g/mol. The average Bonchev–Trinajstić information content (AvgIpc) is 2.85. The van der Waals surface area contributed by atoms with Gasteiger partial charge >= 0.3 is 0 Å². The van der Waals surface area contributed by atoms with Crippen molar-refractivity contribution < 1.29 is 0 Å². The van der Waals surface area contributed by atoms with Gasteiger partial charge in [-0.05, 0) is 34.7 Å². The van der Waals surface area contributed by atoms with Gasteiger partial charge in [-0.1, -0.05) is 116 Å². The number of para-hydroxylation sites is 1. The third kappa shape index (κ3) is 2.52. The van der Waals surface area contributed by atoms with Crippen LogP contribution in [0, 0.1) is 0 Å². The molecule has 0 spiro atoms. The Balaban J connectivity index is 1.99. The van der Waals surface area contributed by atoms with E-state index in [0.717, 1.165) is 12.1 Å². The highest BCUT2D eigenvalue weighted by atomic mass is 14.8. The molecule has 0 saturated carbocycles. The molecule has 1 heterocycles. The molecule has 0 radical (unpaired) electrons. The first kappa shape index (κ1) is 18.6. The predicted molar refractivity (Wildman–Crippen MR) is 126 cm³/mol. The maximum absolute atomic E-state index is 5.02. The molecule has 0 fully saturated rings. The normalized spacial score (nSPS) is 19.2. The Kier molecular flexibility index (Phi) is 4.59. The third-order valence-electron chi connectivity index (χ3n) is 6.66. The van der Waals surface area contributed by atoms with Gasteiger partial charge in [0.15, 0.2) is 0 Å². The van der Waals surface area contributed by atoms with E-state index in [9.17, 15) is 0 Å². The molecule has 0 N–H and O–H groups in total. The van der Waals surface area contributed by atoms with E-state index in [0.29, 0.717) is 0 Å². The van der Waals surface area contributed by atoms with Crippen LogP contribution in [0.25, 0.3) is 0 Å². The molecular formula is C29H25N. The van der Waals surface area contributed by atoms with E-state index in [1.54, 1.807) is 0 Å². The van der Waals surface area contributed by atoms with Gasteiger partial charge in [0.2, 0.25) is 0 Å². The number of rotatable bonds is 4. The molecule has 1 aliphatic rings. The number of nitrogens with zero attached hydrogens (tertiary/aromatic N) is 1. The largest absolute Gasteiger partial charge is 0.260 e. The van der Waals surface area contributed by atoms with Crippen LogP contribution >= 0.6 is 0 Å². The molecular weight excluding hydrogens is 362 g/mol. The second-order valence-electron chi connectivity index (χ2n) is 7.95. The standard InChI is InChI=1S/C29H25N/c1-2-28(23-14-6-3-7-15-23)22-30-27-21-13-12-20-26(27)29(28,24-16-8-4-9-17-24)25-18-10-5-11-19-25/h3-22H,2H2,1H3. The Labute approximate surface area is 178 Å². The summed E-state index contributed by atoms with van der Waals surface area (Å²) in [6.45, 7) is 2.29. The Morgan fingerprint density at radius 3 is 1.57 bits per heavy atom. The van der Waals surface area contributed by atoms with Crippen molar-refractivity contribution in [3.63, 3.8) is 0 Å². The van der Waals surface area contributed by atoms with Crippen molar-refractivity contribution in [1.82, 2.24) is 0 Å². The van der Waals surface area contributed by atoms with E-state index in [1.807, 2.05) is 0 Å². The summed E-state index contributed by atoms with van der Waals surface area (Å²) < 4.78 is 0. The van der Waals surface area contributed by atoms with Crippen LogP contribution in [0.15, 0.2) is 120 Å². The Hall–Kier alpha value is -3.45. The lowest BCUT2D eigenvalue weighted by molar-refractivity contribution is 0.389. The van der Waals surface area contributed by atoms with Crippen molar-refractivity contribution in [3.8, 4) is 0 Å². The number of benzene rings is 4. The summed E-state index contributed by atoms with van der Waals surface area (Å²) in [6, 6.07) is 41.4. The van der Waals surface area contributed by atoms with Gasteiger partial charge in [0.25, 0.3) is 0 Å². The second-order valence-corrected chi connectivity index (χ2v) is 7.95. The quantitative estimate of drug-likeness (QED) is 0.355. The molecule has 0 amide bonds. The van der Waals surface area contributed by atoms with Gasteiger partial charge in [-0.3, -0.25) is 4.99 Å². The molecule has 4 aromatic rings. The molecule has 0 saturated heterocycles. The van der Waals surface area contributed by atoms with E-state index < -0.39 is 0 Å². The summed E-state index contributed by atoms with van der Waals surface area (Å²) in [6.07, 6.45) is 3.14. The number of hydrogen-bond donors (Lipinski definition) is 0. The fraction of sp³-hybridized carbons (Fsp3) is 0.138. The van der Waals surface area contributed by atoms with Crippen molar-refractivity contribution in [1.29, 1.82) is 0 Å². The summed E-state index contributed by atoms with van der Waals surface area (Å²) in [5.41, 5.74) is 5.48. The topological polar surface area (TPSA) is 12.4 Å². The Morgan fingerprint density at radius 1 is 0.567 bits per heavy atom. The molecule has 1 heteroatoms. The van der Waals surface area contributed by atoms with Crippen LogP contribution in [0.5, 0.6) is 0 Å². The van der Waals surface area contributed by atoms with E-state index >= 15 is 0 Å². The first-order chi connectivity index (χ1) is 14.8. The van der Waals surface area contributed by atoms with E-state index in [1.165, 1.54) is 22.3 Å². The van der Waals surface area contributed by atoms with Gasteiger partial charge in [-0.15, -0.1) is 0 Å². The van der Waals surface area contributed by atoms with E-state index in [2.05, 4.69) is 128 Å². The van der Waals surface area contributed by atoms with Crippen LogP contribution in [-0.4, -0.2) is 6.21 Å². The van der Waals surface area contributed by atoms with Gasteiger partial charge in [0.05, 0.1) is 11.1 Å². The predicted octanol–water partition coefficient (Wildman–Crippen LogP) is 7.08. The molecule has 1 nitrogen and oxygen atoms in total. The second kappa shape index (κ2) is 7.42. The molecule has 0 bridgehead atoms. The molecule has 1 atom stereocenters. The van der Waals surface area contributed by atoms with Gasteiger partial charge in [0, 0.05) is 11.6 Å². The number of fused-ring (bicyclic) bond motifs is 1. The van der Waals surface area contributed by atoms with Crippen molar-refractivity contribution in [2.75, 3.05) is 0 Å². The van der Waals surface area contributed by atoms with Crippen LogP contribution < -0.4 is 0 Å². The highest BCUT2D eigenvalue weighted by Crippen LogP contribution is 2.58. The maximum atomic E-state index is 5.02. The van der Waals surface area contributed by atoms with Crippen molar-refractivity contribution >= 4 is 11.9 Å². The lowest BCUT2D eigenvalue weighted by Gasteiger charge is -2.52.